The van der Waals surface area contributed by atoms with E-state index in [1.807, 2.05) is 0 Å². The predicted octanol–water partition coefficient (Wildman–Crippen LogP) is 3.37. The third-order valence-corrected chi connectivity index (χ3v) is 3.23. The highest BCUT2D eigenvalue weighted by Gasteiger charge is 2.15. The maximum absolute atomic E-state index is 11.2. The summed E-state index contributed by atoms with van der Waals surface area (Å²) in [5, 5.41) is 13.9. The van der Waals surface area contributed by atoms with Gasteiger partial charge in [-0.05, 0) is 35.9 Å². The Kier molecular flexibility index (Phi) is 5.26. The number of hydrogen-bond donors (Lipinski definition) is 1. The van der Waals surface area contributed by atoms with Gasteiger partial charge in [-0.25, -0.2) is 0 Å². The number of carbonyl (C=O) groups is 1. The summed E-state index contributed by atoms with van der Waals surface area (Å²) in [5.41, 5.74) is 2.58. The van der Waals surface area contributed by atoms with E-state index in [0.29, 0.717) is 22.6 Å². The van der Waals surface area contributed by atoms with Crippen molar-refractivity contribution in [3.05, 3.63) is 58.1 Å². The number of anilines is 2. The zero-order valence-electron chi connectivity index (χ0n) is 13.7. The number of hydrogen-bond acceptors (Lipinski definition) is 5. The highest BCUT2D eigenvalue weighted by Crippen LogP contribution is 2.27. The lowest BCUT2D eigenvalue weighted by Crippen LogP contribution is -2.11. The fourth-order valence-corrected chi connectivity index (χ4v) is 2.13. The van der Waals surface area contributed by atoms with Gasteiger partial charge in [-0.2, -0.15) is 0 Å². The topological polar surface area (TPSA) is 87.8 Å². The molecular formula is C17H18N4O3. The van der Waals surface area contributed by atoms with Crippen molar-refractivity contribution >= 4 is 34.9 Å². The molecule has 2 rings (SSSR count). The minimum atomic E-state index is -0.408. The van der Waals surface area contributed by atoms with Crippen LogP contribution in [0.5, 0.6) is 0 Å². The van der Waals surface area contributed by atoms with Crippen molar-refractivity contribution in [3.63, 3.8) is 0 Å². The van der Waals surface area contributed by atoms with Crippen molar-refractivity contribution in [2.75, 3.05) is 24.3 Å². The fourth-order valence-electron chi connectivity index (χ4n) is 2.13. The van der Waals surface area contributed by atoms with E-state index in [-0.39, 0.29) is 11.6 Å². The summed E-state index contributed by atoms with van der Waals surface area (Å²) in [4.78, 5) is 27.7. The minimum absolute atomic E-state index is 0.0324. The lowest BCUT2D eigenvalue weighted by molar-refractivity contribution is -0.384. The number of nitro groups is 1. The molecule has 7 nitrogen and oxygen atoms in total. The Morgan fingerprint density at radius 3 is 2.42 bits per heavy atom. The van der Waals surface area contributed by atoms with E-state index < -0.39 is 4.92 Å². The van der Waals surface area contributed by atoms with E-state index in [2.05, 4.69) is 10.3 Å². The van der Waals surface area contributed by atoms with E-state index in [9.17, 15) is 14.9 Å². The Bertz CT molecular complexity index is 783. The molecule has 1 N–H and O–H groups in total. The zero-order chi connectivity index (χ0) is 17.7. The van der Waals surface area contributed by atoms with Crippen LogP contribution in [-0.2, 0) is 4.79 Å². The zero-order valence-corrected chi connectivity index (χ0v) is 13.7. The van der Waals surface area contributed by atoms with Gasteiger partial charge >= 0.3 is 0 Å². The Morgan fingerprint density at radius 1 is 1.21 bits per heavy atom. The van der Waals surface area contributed by atoms with Crippen LogP contribution in [0.25, 0.3) is 0 Å². The van der Waals surface area contributed by atoms with Crippen molar-refractivity contribution in [1.29, 1.82) is 0 Å². The normalized spacial score (nSPS) is 10.6. The van der Waals surface area contributed by atoms with Crippen LogP contribution >= 0.6 is 0 Å². The van der Waals surface area contributed by atoms with Crippen LogP contribution in [0.2, 0.25) is 0 Å². The first kappa shape index (κ1) is 17.1. The minimum Gasteiger partial charge on any atom is -0.372 e. The van der Waals surface area contributed by atoms with Crippen molar-refractivity contribution in [3.8, 4) is 0 Å². The molecule has 0 aliphatic rings. The SMILES string of the molecule is CC(=O)Nc1ccc(N=Cc2ccc(N(C)C)c([N+](=O)[O-])c2)cc1. The molecule has 2 aromatic carbocycles. The molecule has 2 aromatic rings. The number of amides is 1. The summed E-state index contributed by atoms with van der Waals surface area (Å²) in [6.07, 6.45) is 1.57. The molecule has 0 aromatic heterocycles. The van der Waals surface area contributed by atoms with Crippen LogP contribution in [0.1, 0.15) is 12.5 Å². The lowest BCUT2D eigenvalue weighted by Gasteiger charge is -2.12. The molecule has 0 aliphatic carbocycles. The molecule has 0 aliphatic heterocycles. The second-order valence-electron chi connectivity index (χ2n) is 5.39. The summed E-state index contributed by atoms with van der Waals surface area (Å²) in [6, 6.07) is 12.0. The molecule has 0 saturated heterocycles. The monoisotopic (exact) mass is 326 g/mol. The molecule has 0 saturated carbocycles. The van der Waals surface area contributed by atoms with Crippen molar-refractivity contribution in [1.82, 2.24) is 0 Å². The van der Waals surface area contributed by atoms with Crippen LogP contribution < -0.4 is 10.2 Å². The molecule has 0 spiro atoms. The van der Waals surface area contributed by atoms with E-state index in [4.69, 9.17) is 0 Å². The first-order valence-corrected chi connectivity index (χ1v) is 7.24. The third-order valence-electron chi connectivity index (χ3n) is 3.23. The molecule has 1 amide bonds. The number of aliphatic imine (C=N–C) groups is 1. The van der Waals surface area contributed by atoms with Gasteiger partial charge in [0.25, 0.3) is 5.69 Å². The van der Waals surface area contributed by atoms with Crippen LogP contribution in [-0.4, -0.2) is 31.1 Å². The Hall–Kier alpha value is -3.22. The van der Waals surface area contributed by atoms with E-state index in [0.717, 1.165) is 0 Å². The molecule has 0 atom stereocenters. The standard InChI is InChI=1S/C17H18N4O3/c1-12(22)19-15-7-5-14(6-8-15)18-11-13-4-9-16(20(2)3)17(10-13)21(23)24/h4-11H,1-3H3,(H,19,22). The third kappa shape index (κ3) is 4.39. The first-order chi connectivity index (χ1) is 11.4. The van der Waals surface area contributed by atoms with Gasteiger partial charge in [-0.1, -0.05) is 6.07 Å². The van der Waals surface area contributed by atoms with Gasteiger partial charge in [-0.3, -0.25) is 19.9 Å². The van der Waals surface area contributed by atoms with Crippen LogP contribution in [0.15, 0.2) is 47.5 Å². The number of rotatable bonds is 5. The molecule has 0 bridgehead atoms. The molecule has 24 heavy (non-hydrogen) atoms. The predicted molar refractivity (Wildman–Crippen MR) is 95.4 cm³/mol. The summed E-state index contributed by atoms with van der Waals surface area (Å²) in [7, 11) is 3.51. The molecular weight excluding hydrogens is 308 g/mol. The van der Waals surface area contributed by atoms with Gasteiger partial charge in [0.1, 0.15) is 5.69 Å². The van der Waals surface area contributed by atoms with Gasteiger partial charge in [0.2, 0.25) is 5.91 Å². The van der Waals surface area contributed by atoms with Crippen LogP contribution in [0.3, 0.4) is 0 Å². The van der Waals surface area contributed by atoms with Crippen molar-refractivity contribution in [2.24, 2.45) is 4.99 Å². The second kappa shape index (κ2) is 7.36. The molecule has 124 valence electrons. The van der Waals surface area contributed by atoms with Gasteiger partial charge < -0.3 is 10.2 Å². The van der Waals surface area contributed by atoms with E-state index >= 15 is 0 Å². The number of nitrogens with one attached hydrogen (secondary N) is 1. The van der Waals surface area contributed by atoms with Crippen molar-refractivity contribution in [2.45, 2.75) is 6.92 Å². The maximum atomic E-state index is 11.2. The number of nitrogens with zero attached hydrogens (tertiary/aromatic N) is 3. The smallest absolute Gasteiger partial charge is 0.293 e. The molecule has 7 heteroatoms. The Balaban J connectivity index is 2.21. The summed E-state index contributed by atoms with van der Waals surface area (Å²) < 4.78 is 0. The fraction of sp³-hybridized carbons (Fsp3) is 0.176. The van der Waals surface area contributed by atoms with E-state index in [1.54, 1.807) is 61.6 Å². The first-order valence-electron chi connectivity index (χ1n) is 7.24. The number of benzene rings is 2. The summed E-state index contributed by atoms with van der Waals surface area (Å²) in [6.45, 7) is 1.44. The largest absolute Gasteiger partial charge is 0.372 e. The molecule has 0 heterocycles. The second-order valence-corrected chi connectivity index (χ2v) is 5.39. The highest BCUT2D eigenvalue weighted by molar-refractivity contribution is 5.89. The molecule has 0 fully saturated rings. The molecule has 0 unspecified atom stereocenters. The van der Waals surface area contributed by atoms with Crippen LogP contribution in [0.4, 0.5) is 22.7 Å². The Labute approximate surface area is 139 Å². The van der Waals surface area contributed by atoms with Gasteiger partial charge in [0.15, 0.2) is 0 Å². The summed E-state index contributed by atoms with van der Waals surface area (Å²) in [5.74, 6) is -0.139. The number of carbonyl (C=O) groups excluding carboxylic acids is 1. The maximum Gasteiger partial charge on any atom is 0.293 e. The number of nitro benzene ring substituents is 1. The van der Waals surface area contributed by atoms with Gasteiger partial charge in [0, 0.05) is 39.0 Å². The highest BCUT2D eigenvalue weighted by atomic mass is 16.6. The average molecular weight is 326 g/mol. The van der Waals surface area contributed by atoms with Gasteiger partial charge in [0.05, 0.1) is 10.6 Å². The average Bonchev–Trinajstić information content (AvgIpc) is 2.53. The Morgan fingerprint density at radius 2 is 1.88 bits per heavy atom. The molecule has 0 radical (unpaired) electrons. The van der Waals surface area contributed by atoms with E-state index in [1.165, 1.54) is 13.0 Å². The van der Waals surface area contributed by atoms with Crippen LogP contribution in [0, 0.1) is 10.1 Å². The lowest BCUT2D eigenvalue weighted by atomic mass is 10.1. The quantitative estimate of drug-likeness (QED) is 0.518. The van der Waals surface area contributed by atoms with Crippen molar-refractivity contribution < 1.29 is 9.72 Å². The summed E-state index contributed by atoms with van der Waals surface area (Å²) >= 11 is 0. The van der Waals surface area contributed by atoms with Gasteiger partial charge in [-0.15, -0.1) is 0 Å².